The summed E-state index contributed by atoms with van der Waals surface area (Å²) in [4.78, 5) is 14.3. The van der Waals surface area contributed by atoms with Crippen LogP contribution >= 0.6 is 0 Å². The lowest BCUT2D eigenvalue weighted by molar-refractivity contribution is 0.299. The second kappa shape index (κ2) is 25.7. The van der Waals surface area contributed by atoms with Gasteiger partial charge in [0.15, 0.2) is 0 Å². The molecule has 5 nitrogen and oxygen atoms in total. The van der Waals surface area contributed by atoms with Gasteiger partial charge in [0.05, 0.1) is 36.7 Å². The Labute approximate surface area is 401 Å². The van der Waals surface area contributed by atoms with E-state index in [1.54, 1.807) is 0 Å². The minimum atomic E-state index is 0.297. The number of nitrogens with zero attached hydrogens (tertiary/aromatic N) is 5. The van der Waals surface area contributed by atoms with E-state index in [0.717, 1.165) is 50.1 Å². The predicted molar refractivity (Wildman–Crippen MR) is 295 cm³/mol. The molecule has 2 unspecified atom stereocenters. The number of benzene rings is 5. The lowest BCUT2D eigenvalue weighted by Gasteiger charge is -2.39. The Balaban J connectivity index is 0.000000340. The molecular weight excluding hydrogens is 815 g/mol. The van der Waals surface area contributed by atoms with E-state index in [2.05, 4.69) is 206 Å². The fourth-order valence-electron chi connectivity index (χ4n) is 9.16. The first-order valence-corrected chi connectivity index (χ1v) is 24.2. The number of hydrogen-bond acceptors (Lipinski definition) is 4. The average Bonchev–Trinajstić information content (AvgIpc) is 3.71. The minimum Gasteiger partial charge on any atom is -0.361 e. The van der Waals surface area contributed by atoms with E-state index in [1.807, 2.05) is 36.4 Å². The molecule has 67 heavy (non-hydrogen) atoms. The van der Waals surface area contributed by atoms with Crippen LogP contribution in [0.2, 0.25) is 0 Å². The van der Waals surface area contributed by atoms with Crippen molar-refractivity contribution in [1.29, 1.82) is 0 Å². The maximum Gasteiger partial charge on any atom is 0.0633 e. The van der Waals surface area contributed by atoms with Crippen LogP contribution in [0.5, 0.6) is 0 Å². The minimum absolute atomic E-state index is 0.297. The van der Waals surface area contributed by atoms with Crippen LogP contribution in [0.3, 0.4) is 0 Å². The van der Waals surface area contributed by atoms with Crippen molar-refractivity contribution < 1.29 is 0 Å². The number of fused-ring (bicyclic) bond motifs is 5. The summed E-state index contributed by atoms with van der Waals surface area (Å²) >= 11 is 0. The SMILES string of the molecule is C=C/C(=C\C)N(C/C=C\CCCC)C1CC=C(c2ccc3c(c2)c2c4ccccc4ccc2n3-c2cccc(CN=C)c2)C=C1C(C)CC.C=NCC1=CCCC=C1.C=NCc1ccccc1. The quantitative estimate of drug-likeness (QED) is 0.0367. The van der Waals surface area contributed by atoms with Crippen LogP contribution in [0.15, 0.2) is 202 Å². The van der Waals surface area contributed by atoms with E-state index >= 15 is 0 Å². The van der Waals surface area contributed by atoms with Gasteiger partial charge >= 0.3 is 0 Å². The van der Waals surface area contributed by atoms with Gasteiger partial charge in [0.2, 0.25) is 0 Å². The van der Waals surface area contributed by atoms with Crippen molar-refractivity contribution in [2.45, 2.75) is 91.8 Å². The zero-order valence-electron chi connectivity index (χ0n) is 40.6. The third-order valence-electron chi connectivity index (χ3n) is 12.8. The van der Waals surface area contributed by atoms with Gasteiger partial charge in [0.1, 0.15) is 0 Å². The van der Waals surface area contributed by atoms with Crippen molar-refractivity contribution in [3.63, 3.8) is 0 Å². The van der Waals surface area contributed by atoms with Gasteiger partial charge < -0.3 is 9.47 Å². The summed E-state index contributed by atoms with van der Waals surface area (Å²) < 4.78 is 2.42. The smallest absolute Gasteiger partial charge is 0.0633 e. The Kier molecular flexibility index (Phi) is 19.0. The van der Waals surface area contributed by atoms with Crippen LogP contribution in [0.1, 0.15) is 89.3 Å². The highest BCUT2D eigenvalue weighted by molar-refractivity contribution is 6.21. The molecule has 6 aromatic rings. The molecule has 0 aliphatic heterocycles. The standard InChI is InChI=1S/C46H51N3.C8H11N.C8H9N/c1-7-11-12-13-16-28-48(38(9-3)10-4)43-25-23-36(30-41(43)33(5)8-2)37-24-26-44-42(31-37)46-40-21-15-14-19-35(40)22-27-45(46)49(44)39-20-17-18-34(29-39)32-47-6;2*1-9-7-8-5-3-2-4-6-8/h9-10,13-24,26-27,29-31,33,43H,3,6-8,11-12,25,28,32H2,1-2,4-5H3;3,5-6H,1-2,4,7H2;2-6H,1,7H2/b16-13-,38-10+;;. The largest absolute Gasteiger partial charge is 0.361 e. The summed E-state index contributed by atoms with van der Waals surface area (Å²) in [5, 5.41) is 5.12. The first kappa shape index (κ1) is 49.6. The third kappa shape index (κ3) is 12.7. The first-order chi connectivity index (χ1) is 32.9. The highest BCUT2D eigenvalue weighted by Gasteiger charge is 2.28. The fraction of sp³-hybridized carbons (Fsp3) is 0.274. The van der Waals surface area contributed by atoms with E-state index in [1.165, 1.54) is 91.8 Å². The first-order valence-electron chi connectivity index (χ1n) is 24.2. The van der Waals surface area contributed by atoms with E-state index < -0.39 is 0 Å². The Morgan fingerprint density at radius 1 is 0.776 bits per heavy atom. The molecule has 0 bridgehead atoms. The van der Waals surface area contributed by atoms with Crippen LogP contribution in [0, 0.1) is 5.92 Å². The molecule has 5 heteroatoms. The Morgan fingerprint density at radius 3 is 2.24 bits per heavy atom. The molecule has 0 saturated heterocycles. The Morgan fingerprint density at radius 2 is 1.52 bits per heavy atom. The van der Waals surface area contributed by atoms with Gasteiger partial charge in [0, 0.05) is 28.7 Å². The third-order valence-corrected chi connectivity index (χ3v) is 12.8. The second-order valence-electron chi connectivity index (χ2n) is 17.4. The zero-order chi connectivity index (χ0) is 47.4. The van der Waals surface area contributed by atoms with E-state index in [9.17, 15) is 0 Å². The van der Waals surface area contributed by atoms with E-state index in [-0.39, 0.29) is 0 Å². The topological polar surface area (TPSA) is 45.2 Å². The summed E-state index contributed by atoms with van der Waals surface area (Å²) in [7, 11) is 0. The van der Waals surface area contributed by atoms with Crippen molar-refractivity contribution in [2.24, 2.45) is 20.9 Å². The van der Waals surface area contributed by atoms with Crippen LogP contribution in [-0.4, -0.2) is 48.8 Å². The highest BCUT2D eigenvalue weighted by atomic mass is 15.2. The summed E-state index contributed by atoms with van der Waals surface area (Å²) in [6, 6.07) is 39.4. The lowest BCUT2D eigenvalue weighted by atomic mass is 9.82. The maximum absolute atomic E-state index is 4.19. The van der Waals surface area contributed by atoms with Gasteiger partial charge in [0.25, 0.3) is 0 Å². The number of aromatic nitrogens is 1. The van der Waals surface area contributed by atoms with E-state index in [0.29, 0.717) is 18.5 Å². The molecule has 0 radical (unpaired) electrons. The Bertz CT molecular complexity index is 2810. The van der Waals surface area contributed by atoms with Crippen LogP contribution in [0.25, 0.3) is 43.8 Å². The molecule has 2 aliphatic rings. The van der Waals surface area contributed by atoms with Gasteiger partial charge in [-0.25, -0.2) is 0 Å². The molecule has 1 heterocycles. The Hall–Kier alpha value is -6.85. The van der Waals surface area contributed by atoms with E-state index in [4.69, 9.17) is 0 Å². The second-order valence-corrected chi connectivity index (χ2v) is 17.4. The highest BCUT2D eigenvalue weighted by Crippen LogP contribution is 2.40. The summed E-state index contributed by atoms with van der Waals surface area (Å²) in [5.41, 5.74) is 12.5. The predicted octanol–water partition coefficient (Wildman–Crippen LogP) is 16.3. The van der Waals surface area contributed by atoms with Crippen molar-refractivity contribution >= 4 is 58.3 Å². The van der Waals surface area contributed by atoms with Crippen molar-refractivity contribution in [2.75, 3.05) is 13.1 Å². The molecule has 0 N–H and O–H groups in total. The summed E-state index contributed by atoms with van der Waals surface area (Å²) in [6.45, 7) is 26.8. The number of allylic oxidation sites excluding steroid dienone is 7. The monoisotopic (exact) mass is 886 g/mol. The van der Waals surface area contributed by atoms with Crippen molar-refractivity contribution in [3.8, 4) is 5.69 Å². The van der Waals surface area contributed by atoms with Gasteiger partial charge in [-0.15, -0.1) is 0 Å². The molecule has 0 amide bonds. The fourth-order valence-corrected chi connectivity index (χ4v) is 9.16. The summed E-state index contributed by atoms with van der Waals surface area (Å²) in [6.07, 6.45) is 28.4. The van der Waals surface area contributed by atoms with Gasteiger partial charge in [-0.1, -0.05) is 168 Å². The molecule has 2 aliphatic carbocycles. The number of rotatable bonds is 18. The molecule has 8 rings (SSSR count). The van der Waals surface area contributed by atoms with Crippen molar-refractivity contribution in [1.82, 2.24) is 9.47 Å². The van der Waals surface area contributed by atoms with Gasteiger partial charge in [-0.3, -0.25) is 15.0 Å². The molecule has 0 spiro atoms. The molecule has 1 aromatic heterocycles. The molecule has 344 valence electrons. The van der Waals surface area contributed by atoms with Crippen LogP contribution < -0.4 is 0 Å². The average molecular weight is 886 g/mol. The molecule has 2 atom stereocenters. The normalized spacial score (nSPS) is 15.1. The molecule has 0 fully saturated rings. The van der Waals surface area contributed by atoms with Crippen LogP contribution in [-0.2, 0) is 13.1 Å². The number of unbranched alkanes of at least 4 members (excludes halogenated alkanes) is 2. The maximum atomic E-state index is 4.19. The van der Waals surface area contributed by atoms with Crippen LogP contribution in [0.4, 0.5) is 0 Å². The number of aliphatic imine (C=N–C) groups is 3. The van der Waals surface area contributed by atoms with Gasteiger partial charge in [-0.05, 0) is 146 Å². The molecular formula is C62H71N5. The lowest BCUT2D eigenvalue weighted by Crippen LogP contribution is -2.38. The molecule has 0 saturated carbocycles. The number of hydrogen-bond donors (Lipinski definition) is 0. The van der Waals surface area contributed by atoms with Crippen molar-refractivity contribution in [3.05, 3.63) is 204 Å². The van der Waals surface area contributed by atoms with Gasteiger partial charge in [-0.2, -0.15) is 0 Å². The zero-order valence-corrected chi connectivity index (χ0v) is 40.6. The summed E-state index contributed by atoms with van der Waals surface area (Å²) in [5.74, 6) is 0.468. The molecule has 5 aromatic carbocycles.